The van der Waals surface area contributed by atoms with Gasteiger partial charge < -0.3 is 14.7 Å². The van der Waals surface area contributed by atoms with E-state index in [0.717, 1.165) is 13.1 Å². The number of quaternary nitrogens is 1. The second-order valence-electron chi connectivity index (χ2n) is 6.15. The lowest BCUT2D eigenvalue weighted by molar-refractivity contribution is -0.928. The molecule has 3 rings (SSSR count). The number of hydrogen-bond acceptors (Lipinski definition) is 5. The van der Waals surface area contributed by atoms with Gasteiger partial charge in [-0.1, -0.05) is 0 Å². The summed E-state index contributed by atoms with van der Waals surface area (Å²) < 4.78 is 5.71. The van der Waals surface area contributed by atoms with Crippen molar-refractivity contribution < 1.29 is 19.7 Å². The quantitative estimate of drug-likeness (QED) is 0.652. The van der Waals surface area contributed by atoms with Crippen LogP contribution in [0.3, 0.4) is 0 Å². The Morgan fingerprint density at radius 1 is 1.43 bits per heavy atom. The summed E-state index contributed by atoms with van der Waals surface area (Å²) in [5.74, 6) is 0.0329. The minimum Gasteiger partial charge on any atom is -0.505 e. The number of nitrogens with one attached hydrogen (secondary N) is 1. The van der Waals surface area contributed by atoms with Gasteiger partial charge >= 0.3 is 0 Å². The average Bonchev–Trinajstić information content (AvgIpc) is 2.49. The van der Waals surface area contributed by atoms with Crippen LogP contribution < -0.4 is 4.90 Å². The second kappa shape index (κ2) is 6.10. The number of morpholine rings is 1. The summed E-state index contributed by atoms with van der Waals surface area (Å²) >= 11 is 0. The van der Waals surface area contributed by atoms with E-state index >= 15 is 0 Å². The zero-order valence-electron chi connectivity index (χ0n) is 13.2. The van der Waals surface area contributed by atoms with E-state index in [0.29, 0.717) is 17.5 Å². The fraction of sp³-hybridized carbons (Fsp3) is 0.438. The SMILES string of the molecule is CC1C[NH+](Cc2cc([N+](=O)[O-])c3cccnc3c2O)CC(C)O1. The Kier molecular flexibility index (Phi) is 4.14. The Bertz CT molecular complexity index is 739. The molecule has 2 aromatic rings. The number of pyridine rings is 1. The molecule has 0 spiro atoms. The standard InChI is InChI=1S/C16H19N3O4/c1-10-7-18(8-11(2)23-10)9-12-6-14(19(21)22)13-4-3-5-17-15(13)16(12)20/h3-6,10-11,20H,7-9H2,1-2H3/p+1. The van der Waals surface area contributed by atoms with Crippen LogP contribution in [0, 0.1) is 10.1 Å². The highest BCUT2D eigenvalue weighted by Crippen LogP contribution is 2.34. The molecule has 1 aliphatic heterocycles. The molecule has 7 heteroatoms. The molecule has 2 heterocycles. The van der Waals surface area contributed by atoms with Crippen LogP contribution in [0.5, 0.6) is 5.75 Å². The van der Waals surface area contributed by atoms with Gasteiger partial charge in [0.2, 0.25) is 0 Å². The van der Waals surface area contributed by atoms with Crippen molar-refractivity contribution in [2.24, 2.45) is 0 Å². The number of rotatable bonds is 3. The summed E-state index contributed by atoms with van der Waals surface area (Å²) in [5.41, 5.74) is 0.819. The minimum absolute atomic E-state index is 0.0188. The Labute approximate surface area is 133 Å². The van der Waals surface area contributed by atoms with Gasteiger partial charge in [0.15, 0.2) is 5.75 Å². The summed E-state index contributed by atoms with van der Waals surface area (Å²) in [6.07, 6.45) is 1.79. The fourth-order valence-corrected chi connectivity index (χ4v) is 3.35. The van der Waals surface area contributed by atoms with Crippen LogP contribution in [0.15, 0.2) is 24.4 Å². The maximum atomic E-state index is 11.3. The number of aromatic nitrogens is 1. The molecular formula is C16H20N3O4+. The molecule has 1 fully saturated rings. The van der Waals surface area contributed by atoms with E-state index in [-0.39, 0.29) is 29.2 Å². The second-order valence-corrected chi connectivity index (χ2v) is 6.15. The van der Waals surface area contributed by atoms with Crippen LogP contribution in [0.25, 0.3) is 10.9 Å². The van der Waals surface area contributed by atoms with E-state index in [1.165, 1.54) is 17.2 Å². The lowest BCUT2D eigenvalue weighted by Gasteiger charge is -2.32. The molecule has 2 unspecified atom stereocenters. The lowest BCUT2D eigenvalue weighted by Crippen LogP contribution is -3.14. The zero-order chi connectivity index (χ0) is 16.6. The van der Waals surface area contributed by atoms with Gasteiger partial charge in [0.05, 0.1) is 15.9 Å². The number of aromatic hydroxyl groups is 1. The molecule has 0 amide bonds. The Morgan fingerprint density at radius 3 is 2.78 bits per heavy atom. The molecule has 0 bridgehead atoms. The van der Waals surface area contributed by atoms with Crippen LogP contribution in [-0.4, -0.2) is 40.3 Å². The minimum atomic E-state index is -0.424. The molecule has 1 saturated heterocycles. The van der Waals surface area contributed by atoms with Crippen molar-refractivity contribution in [3.05, 3.63) is 40.1 Å². The van der Waals surface area contributed by atoms with Gasteiger partial charge in [0.1, 0.15) is 37.4 Å². The van der Waals surface area contributed by atoms with E-state index in [2.05, 4.69) is 4.98 Å². The number of phenols is 1. The van der Waals surface area contributed by atoms with E-state index in [1.54, 1.807) is 12.1 Å². The molecule has 1 aromatic carbocycles. The fourth-order valence-electron chi connectivity index (χ4n) is 3.35. The van der Waals surface area contributed by atoms with Gasteiger partial charge in [-0.15, -0.1) is 0 Å². The maximum Gasteiger partial charge on any atom is 0.279 e. The summed E-state index contributed by atoms with van der Waals surface area (Å²) in [4.78, 5) is 16.3. The number of non-ortho nitro benzene ring substituents is 1. The molecule has 2 atom stereocenters. The van der Waals surface area contributed by atoms with Crippen molar-refractivity contribution in [2.45, 2.75) is 32.6 Å². The van der Waals surface area contributed by atoms with Crippen molar-refractivity contribution >= 4 is 16.6 Å². The lowest BCUT2D eigenvalue weighted by atomic mass is 10.1. The number of benzene rings is 1. The maximum absolute atomic E-state index is 11.3. The average molecular weight is 318 g/mol. The molecule has 0 aliphatic carbocycles. The molecular weight excluding hydrogens is 298 g/mol. The molecule has 1 aromatic heterocycles. The predicted octanol–water partition coefficient (Wildman–Crippen LogP) is 1.04. The number of phenolic OH excluding ortho intramolecular Hbond substituents is 1. The van der Waals surface area contributed by atoms with Gasteiger partial charge in [-0.3, -0.25) is 15.1 Å². The summed E-state index contributed by atoms with van der Waals surface area (Å²) in [6.45, 7) is 6.15. The highest BCUT2D eigenvalue weighted by Gasteiger charge is 2.28. The number of fused-ring (bicyclic) bond motifs is 1. The van der Waals surface area contributed by atoms with Gasteiger partial charge in [-0.2, -0.15) is 0 Å². The van der Waals surface area contributed by atoms with Gasteiger partial charge in [0.25, 0.3) is 5.69 Å². The van der Waals surface area contributed by atoms with Gasteiger partial charge in [0, 0.05) is 12.3 Å². The third-order valence-corrected chi connectivity index (χ3v) is 4.18. The number of nitro groups is 1. The Morgan fingerprint density at radius 2 is 2.13 bits per heavy atom. The number of nitrogens with zero attached hydrogens (tertiary/aromatic N) is 2. The number of nitro benzene ring substituents is 1. The van der Waals surface area contributed by atoms with Gasteiger partial charge in [-0.25, -0.2) is 0 Å². The largest absolute Gasteiger partial charge is 0.505 e. The molecule has 122 valence electrons. The van der Waals surface area contributed by atoms with Crippen molar-refractivity contribution in [3.8, 4) is 5.75 Å². The third-order valence-electron chi connectivity index (χ3n) is 4.18. The normalized spacial score (nSPS) is 24.7. The highest BCUT2D eigenvalue weighted by atomic mass is 16.6. The smallest absolute Gasteiger partial charge is 0.279 e. The van der Waals surface area contributed by atoms with E-state index in [9.17, 15) is 15.2 Å². The Balaban J connectivity index is 2.00. The summed E-state index contributed by atoms with van der Waals surface area (Å²) in [7, 11) is 0. The first-order valence-corrected chi connectivity index (χ1v) is 7.68. The molecule has 2 N–H and O–H groups in total. The van der Waals surface area contributed by atoms with Gasteiger partial charge in [-0.05, 0) is 26.0 Å². The van der Waals surface area contributed by atoms with Crippen molar-refractivity contribution in [2.75, 3.05) is 13.1 Å². The monoisotopic (exact) mass is 318 g/mol. The van der Waals surface area contributed by atoms with Crippen molar-refractivity contribution in [3.63, 3.8) is 0 Å². The van der Waals surface area contributed by atoms with Crippen molar-refractivity contribution in [1.82, 2.24) is 4.98 Å². The molecule has 0 radical (unpaired) electrons. The first-order valence-electron chi connectivity index (χ1n) is 7.68. The first-order chi connectivity index (χ1) is 11.0. The summed E-state index contributed by atoms with van der Waals surface area (Å²) in [5, 5.41) is 22.2. The van der Waals surface area contributed by atoms with Crippen LogP contribution in [0.2, 0.25) is 0 Å². The highest BCUT2D eigenvalue weighted by molar-refractivity contribution is 5.93. The van der Waals surface area contributed by atoms with E-state index in [4.69, 9.17) is 4.74 Å². The molecule has 23 heavy (non-hydrogen) atoms. The van der Waals surface area contributed by atoms with Crippen LogP contribution in [0.4, 0.5) is 5.69 Å². The van der Waals surface area contributed by atoms with Crippen LogP contribution in [0.1, 0.15) is 19.4 Å². The van der Waals surface area contributed by atoms with Crippen LogP contribution in [-0.2, 0) is 11.3 Å². The summed E-state index contributed by atoms with van der Waals surface area (Å²) in [6, 6.07) is 4.71. The first kappa shape index (κ1) is 15.6. The zero-order valence-corrected chi connectivity index (χ0v) is 13.2. The third kappa shape index (κ3) is 3.11. The predicted molar refractivity (Wildman–Crippen MR) is 84.5 cm³/mol. The van der Waals surface area contributed by atoms with E-state index in [1.807, 2.05) is 13.8 Å². The molecule has 0 saturated carbocycles. The molecule has 7 nitrogen and oxygen atoms in total. The Hall–Kier alpha value is -2.25. The van der Waals surface area contributed by atoms with E-state index < -0.39 is 4.92 Å². The molecule has 1 aliphatic rings. The van der Waals surface area contributed by atoms with Crippen molar-refractivity contribution in [1.29, 1.82) is 0 Å². The topological polar surface area (TPSA) is 89.9 Å². The number of hydrogen-bond donors (Lipinski definition) is 2. The van der Waals surface area contributed by atoms with Crippen LogP contribution >= 0.6 is 0 Å². The number of ether oxygens (including phenoxy) is 1.